The number of H-pyrrole nitrogens is 1. The maximum atomic E-state index is 13.2. The normalized spacial score (nSPS) is 14.2. The van der Waals surface area contributed by atoms with E-state index in [1.165, 1.54) is 18.4 Å². The van der Waals surface area contributed by atoms with Crippen molar-refractivity contribution in [3.8, 4) is 11.5 Å². The molecule has 3 heterocycles. The molecule has 2 N–H and O–H groups in total. The van der Waals surface area contributed by atoms with Gasteiger partial charge < -0.3 is 24.6 Å². The van der Waals surface area contributed by atoms with E-state index in [4.69, 9.17) is 9.47 Å². The molecule has 0 saturated carbocycles. The Balaban J connectivity index is 1.44. The fourth-order valence-electron chi connectivity index (χ4n) is 4.51. The number of hydrogen-bond acceptors (Lipinski definition) is 7. The lowest BCUT2D eigenvalue weighted by atomic mass is 10.1. The molecule has 2 aromatic heterocycles. The van der Waals surface area contributed by atoms with Crippen molar-refractivity contribution < 1.29 is 19.1 Å². The van der Waals surface area contributed by atoms with Crippen molar-refractivity contribution in [2.24, 2.45) is 0 Å². The van der Waals surface area contributed by atoms with Crippen LogP contribution in [0.5, 0.6) is 11.5 Å². The molecule has 9 nitrogen and oxygen atoms in total. The lowest BCUT2D eigenvalue weighted by Gasteiger charge is -2.32. The summed E-state index contributed by atoms with van der Waals surface area (Å²) in [5.41, 5.74) is 3.76. The molecule has 1 aliphatic heterocycles. The smallest absolute Gasteiger partial charge is 0.266 e. The SMILES string of the molecule is COc1c(OCC(=O)N2CCN(C)CC2)ccc(/C=C/c2n[nH]c3ccccc23)c1NC(=O)c1sccc1C. The van der Waals surface area contributed by atoms with Gasteiger partial charge in [-0.2, -0.15) is 5.10 Å². The van der Waals surface area contributed by atoms with Gasteiger partial charge in [-0.15, -0.1) is 11.3 Å². The predicted molar refractivity (Wildman–Crippen MR) is 155 cm³/mol. The van der Waals surface area contributed by atoms with Crippen molar-refractivity contribution in [3.63, 3.8) is 0 Å². The first kappa shape index (κ1) is 26.5. The van der Waals surface area contributed by atoms with Gasteiger partial charge in [0.1, 0.15) is 0 Å². The molecular formula is C29H31N5O4S. The molecule has 2 aromatic carbocycles. The van der Waals surface area contributed by atoms with Crippen molar-refractivity contribution in [1.29, 1.82) is 0 Å². The van der Waals surface area contributed by atoms with Crippen LogP contribution in [0.15, 0.2) is 47.8 Å². The number of para-hydroxylation sites is 1. The first-order chi connectivity index (χ1) is 18.9. The minimum Gasteiger partial charge on any atom is -0.491 e. The first-order valence-corrected chi connectivity index (χ1v) is 13.6. The Morgan fingerprint density at radius 3 is 2.64 bits per heavy atom. The number of carbonyl (C=O) groups is 2. The second kappa shape index (κ2) is 11.7. The van der Waals surface area contributed by atoms with Gasteiger partial charge in [-0.1, -0.05) is 24.3 Å². The number of hydrogen-bond donors (Lipinski definition) is 2. The topological polar surface area (TPSA) is 99.8 Å². The van der Waals surface area contributed by atoms with Gasteiger partial charge >= 0.3 is 0 Å². The van der Waals surface area contributed by atoms with Crippen LogP contribution < -0.4 is 14.8 Å². The molecule has 1 aliphatic rings. The molecule has 5 rings (SSSR count). The number of methoxy groups -OCH3 is 1. The molecule has 1 saturated heterocycles. The van der Waals surface area contributed by atoms with Gasteiger partial charge in [0, 0.05) is 37.1 Å². The molecule has 0 aliphatic carbocycles. The van der Waals surface area contributed by atoms with Crippen LogP contribution in [-0.2, 0) is 4.79 Å². The van der Waals surface area contributed by atoms with Gasteiger partial charge in [0.25, 0.3) is 11.8 Å². The van der Waals surface area contributed by atoms with Crippen molar-refractivity contribution in [3.05, 3.63) is 69.5 Å². The zero-order valence-corrected chi connectivity index (χ0v) is 23.0. The van der Waals surface area contributed by atoms with Gasteiger partial charge in [0.05, 0.1) is 28.9 Å². The molecule has 0 bridgehead atoms. The minimum atomic E-state index is -0.244. The van der Waals surface area contributed by atoms with Crippen molar-refractivity contribution in [2.45, 2.75) is 6.92 Å². The van der Waals surface area contributed by atoms with Crippen molar-refractivity contribution >= 4 is 51.9 Å². The van der Waals surface area contributed by atoms with E-state index < -0.39 is 0 Å². The Bertz CT molecular complexity index is 1520. The van der Waals surface area contributed by atoms with E-state index in [1.54, 1.807) is 11.0 Å². The highest BCUT2D eigenvalue weighted by molar-refractivity contribution is 7.12. The Labute approximate surface area is 231 Å². The van der Waals surface area contributed by atoms with Crippen LogP contribution in [0.3, 0.4) is 0 Å². The first-order valence-electron chi connectivity index (χ1n) is 12.7. The zero-order chi connectivity index (χ0) is 27.4. The Hall–Kier alpha value is -4.15. The number of ether oxygens (including phenoxy) is 2. The van der Waals surface area contributed by atoms with Gasteiger partial charge in [-0.05, 0) is 55.3 Å². The standard InChI is InChI=1S/C29H31N5O4S/c1-19-12-17-39-28(19)29(36)30-26-20(8-10-23-21-6-4-5-7-22(21)31-32-23)9-11-24(27(26)37-3)38-18-25(35)34-15-13-33(2)14-16-34/h4-12,17H,13-16,18H2,1-3H3,(H,30,36)(H,31,32)/b10-8+. The van der Waals surface area contributed by atoms with Crippen LogP contribution in [0, 0.1) is 6.92 Å². The molecular weight excluding hydrogens is 514 g/mol. The molecule has 1 fully saturated rings. The van der Waals surface area contributed by atoms with Crippen LogP contribution in [-0.4, -0.2) is 78.8 Å². The van der Waals surface area contributed by atoms with E-state index in [0.717, 1.165) is 35.2 Å². The number of benzene rings is 2. The summed E-state index contributed by atoms with van der Waals surface area (Å²) in [6, 6.07) is 13.4. The van der Waals surface area contributed by atoms with Gasteiger partial charge in [0.2, 0.25) is 0 Å². The summed E-state index contributed by atoms with van der Waals surface area (Å²) in [7, 11) is 3.56. The van der Waals surface area contributed by atoms with Crippen LogP contribution >= 0.6 is 11.3 Å². The average Bonchev–Trinajstić information content (AvgIpc) is 3.57. The van der Waals surface area contributed by atoms with Crippen LogP contribution in [0.25, 0.3) is 23.1 Å². The molecule has 10 heteroatoms. The number of carbonyl (C=O) groups excluding carboxylic acids is 2. The molecule has 0 atom stereocenters. The summed E-state index contributed by atoms with van der Waals surface area (Å²) >= 11 is 1.37. The van der Waals surface area contributed by atoms with Crippen LogP contribution in [0.4, 0.5) is 5.69 Å². The van der Waals surface area contributed by atoms with Crippen molar-refractivity contribution in [1.82, 2.24) is 20.0 Å². The number of nitrogens with one attached hydrogen (secondary N) is 2. The van der Waals surface area contributed by atoms with E-state index in [0.29, 0.717) is 40.7 Å². The highest BCUT2D eigenvalue weighted by atomic mass is 32.1. The summed E-state index contributed by atoms with van der Waals surface area (Å²) in [5, 5.41) is 13.3. The number of amides is 2. The number of aromatic nitrogens is 2. The monoisotopic (exact) mass is 545 g/mol. The third kappa shape index (κ3) is 5.81. The van der Waals surface area contributed by atoms with E-state index in [1.807, 2.05) is 67.9 Å². The largest absolute Gasteiger partial charge is 0.491 e. The second-order valence-corrected chi connectivity index (χ2v) is 10.3. The van der Waals surface area contributed by atoms with Crippen LogP contribution in [0.1, 0.15) is 26.5 Å². The zero-order valence-electron chi connectivity index (χ0n) is 22.2. The van der Waals surface area contributed by atoms with Gasteiger partial charge in [0.15, 0.2) is 18.1 Å². The lowest BCUT2D eigenvalue weighted by molar-refractivity contribution is -0.134. The quantitative estimate of drug-likeness (QED) is 0.338. The molecule has 0 unspecified atom stereocenters. The number of anilines is 1. The Morgan fingerprint density at radius 2 is 1.90 bits per heavy atom. The number of piperazine rings is 1. The van der Waals surface area contributed by atoms with Gasteiger partial charge in [-0.25, -0.2) is 0 Å². The number of fused-ring (bicyclic) bond motifs is 1. The summed E-state index contributed by atoms with van der Waals surface area (Å²) in [6.45, 7) is 4.78. The number of rotatable bonds is 8. The fourth-order valence-corrected chi connectivity index (χ4v) is 5.33. The Morgan fingerprint density at radius 1 is 1.10 bits per heavy atom. The number of nitrogens with zero attached hydrogens (tertiary/aromatic N) is 3. The highest BCUT2D eigenvalue weighted by Gasteiger charge is 2.22. The fraction of sp³-hybridized carbons (Fsp3) is 0.276. The minimum absolute atomic E-state index is 0.0840. The molecule has 0 spiro atoms. The third-order valence-corrected chi connectivity index (χ3v) is 7.81. The molecule has 0 radical (unpaired) electrons. The predicted octanol–water partition coefficient (Wildman–Crippen LogP) is 4.52. The number of aryl methyl sites for hydroxylation is 1. The second-order valence-electron chi connectivity index (χ2n) is 9.41. The summed E-state index contributed by atoms with van der Waals surface area (Å²) in [6.07, 6.45) is 3.76. The third-order valence-electron chi connectivity index (χ3n) is 6.79. The average molecular weight is 546 g/mol. The lowest BCUT2D eigenvalue weighted by Crippen LogP contribution is -2.48. The molecule has 202 valence electrons. The summed E-state index contributed by atoms with van der Waals surface area (Å²) < 4.78 is 11.7. The van der Waals surface area contributed by atoms with E-state index in [-0.39, 0.29) is 18.4 Å². The van der Waals surface area contributed by atoms with Crippen molar-refractivity contribution in [2.75, 3.05) is 52.3 Å². The maximum Gasteiger partial charge on any atom is 0.266 e. The number of aromatic amines is 1. The molecule has 4 aromatic rings. The van der Waals surface area contributed by atoms with Crippen LogP contribution in [0.2, 0.25) is 0 Å². The summed E-state index contributed by atoms with van der Waals surface area (Å²) in [4.78, 5) is 30.6. The summed E-state index contributed by atoms with van der Waals surface area (Å²) in [5.74, 6) is 0.393. The van der Waals surface area contributed by atoms with Gasteiger partial charge in [-0.3, -0.25) is 14.7 Å². The highest BCUT2D eigenvalue weighted by Crippen LogP contribution is 2.40. The molecule has 2 amide bonds. The van der Waals surface area contributed by atoms with E-state index in [2.05, 4.69) is 20.4 Å². The van der Waals surface area contributed by atoms with E-state index in [9.17, 15) is 9.59 Å². The Kier molecular flexibility index (Phi) is 7.94. The number of thiophene rings is 1. The number of likely N-dealkylation sites (N-methyl/N-ethyl adjacent to an activating group) is 1. The maximum absolute atomic E-state index is 13.2. The molecule has 39 heavy (non-hydrogen) atoms. The van der Waals surface area contributed by atoms with E-state index >= 15 is 0 Å².